The van der Waals surface area contributed by atoms with Crippen molar-refractivity contribution in [2.75, 3.05) is 6.61 Å². The molecule has 0 saturated heterocycles. The third kappa shape index (κ3) is 2.45. The van der Waals surface area contributed by atoms with Gasteiger partial charge < -0.3 is 10.8 Å². The van der Waals surface area contributed by atoms with Gasteiger partial charge in [0.25, 0.3) is 0 Å². The molecule has 0 aromatic carbocycles. The minimum atomic E-state index is -0.0718. The predicted molar refractivity (Wildman–Crippen MR) is 48.0 cm³/mol. The van der Waals surface area contributed by atoms with Crippen LogP contribution in [0.5, 0.6) is 0 Å². The van der Waals surface area contributed by atoms with Gasteiger partial charge in [0.1, 0.15) is 0 Å². The van der Waals surface area contributed by atoms with Crippen LogP contribution in [0.2, 0.25) is 4.34 Å². The van der Waals surface area contributed by atoms with Crippen LogP contribution in [0.1, 0.15) is 17.3 Å². The first-order chi connectivity index (χ1) is 5.24. The van der Waals surface area contributed by atoms with Crippen molar-refractivity contribution in [3.05, 3.63) is 21.3 Å². The molecule has 0 saturated carbocycles. The smallest absolute Gasteiger partial charge is 0.0931 e. The molecule has 4 heteroatoms. The van der Waals surface area contributed by atoms with E-state index >= 15 is 0 Å². The van der Waals surface area contributed by atoms with Gasteiger partial charge in [0, 0.05) is 17.5 Å². The van der Waals surface area contributed by atoms with Gasteiger partial charge >= 0.3 is 0 Å². The quantitative estimate of drug-likeness (QED) is 0.765. The Morgan fingerprint density at radius 1 is 1.64 bits per heavy atom. The largest absolute Gasteiger partial charge is 0.396 e. The van der Waals surface area contributed by atoms with Gasteiger partial charge in [-0.05, 0) is 18.6 Å². The minimum absolute atomic E-state index is 0.0718. The summed E-state index contributed by atoms with van der Waals surface area (Å²) in [4.78, 5) is 1.03. The Kier molecular flexibility index (Phi) is 3.33. The van der Waals surface area contributed by atoms with Gasteiger partial charge in [-0.2, -0.15) is 0 Å². The lowest BCUT2D eigenvalue weighted by Crippen LogP contribution is -2.09. The number of aliphatic hydroxyl groups excluding tert-OH is 1. The maximum atomic E-state index is 8.60. The molecule has 1 rings (SSSR count). The van der Waals surface area contributed by atoms with Crippen LogP contribution in [0, 0.1) is 0 Å². The lowest BCUT2D eigenvalue weighted by molar-refractivity contribution is 0.277. The van der Waals surface area contributed by atoms with E-state index in [9.17, 15) is 0 Å². The Morgan fingerprint density at radius 3 is 2.82 bits per heavy atom. The van der Waals surface area contributed by atoms with Crippen molar-refractivity contribution in [1.82, 2.24) is 0 Å². The Balaban J connectivity index is 2.60. The second-order valence-electron chi connectivity index (χ2n) is 2.26. The van der Waals surface area contributed by atoms with Crippen LogP contribution in [0.15, 0.2) is 12.1 Å². The number of hydrogen-bond acceptors (Lipinski definition) is 3. The van der Waals surface area contributed by atoms with Crippen LogP contribution in [-0.2, 0) is 0 Å². The first-order valence-electron chi connectivity index (χ1n) is 3.35. The number of thiophene rings is 1. The highest BCUT2D eigenvalue weighted by atomic mass is 35.5. The van der Waals surface area contributed by atoms with Gasteiger partial charge in [-0.3, -0.25) is 0 Å². The topological polar surface area (TPSA) is 46.2 Å². The molecule has 1 aromatic rings. The summed E-state index contributed by atoms with van der Waals surface area (Å²) in [6.07, 6.45) is 0.594. The van der Waals surface area contributed by atoms with Gasteiger partial charge in [0.15, 0.2) is 0 Å². The third-order valence-electron chi connectivity index (χ3n) is 1.40. The molecule has 1 heterocycles. The molecule has 2 nitrogen and oxygen atoms in total. The molecule has 11 heavy (non-hydrogen) atoms. The average molecular weight is 192 g/mol. The summed E-state index contributed by atoms with van der Waals surface area (Å²) in [6, 6.07) is 3.64. The third-order valence-corrected chi connectivity index (χ3v) is 2.76. The molecule has 1 aromatic heterocycles. The molecule has 0 radical (unpaired) electrons. The summed E-state index contributed by atoms with van der Waals surface area (Å²) >= 11 is 7.17. The van der Waals surface area contributed by atoms with Gasteiger partial charge in [-0.25, -0.2) is 0 Å². The summed E-state index contributed by atoms with van der Waals surface area (Å²) in [5.41, 5.74) is 5.71. The SMILES string of the molecule is N[C@H](CCO)c1ccc(Cl)s1. The van der Waals surface area contributed by atoms with Crippen molar-refractivity contribution >= 4 is 22.9 Å². The summed E-state index contributed by atoms with van der Waals surface area (Å²) < 4.78 is 0.744. The molecule has 0 unspecified atom stereocenters. The summed E-state index contributed by atoms with van der Waals surface area (Å²) in [7, 11) is 0. The highest BCUT2D eigenvalue weighted by molar-refractivity contribution is 7.16. The van der Waals surface area contributed by atoms with Crippen LogP contribution < -0.4 is 5.73 Å². The Morgan fingerprint density at radius 2 is 2.36 bits per heavy atom. The zero-order valence-electron chi connectivity index (χ0n) is 5.96. The molecule has 0 bridgehead atoms. The average Bonchev–Trinajstić information content (AvgIpc) is 2.36. The second-order valence-corrected chi connectivity index (χ2v) is 4.01. The zero-order valence-corrected chi connectivity index (χ0v) is 7.53. The molecule has 62 valence electrons. The van der Waals surface area contributed by atoms with Crippen molar-refractivity contribution in [2.45, 2.75) is 12.5 Å². The molecule has 0 amide bonds. The minimum Gasteiger partial charge on any atom is -0.396 e. The lowest BCUT2D eigenvalue weighted by Gasteiger charge is -2.05. The number of rotatable bonds is 3. The van der Waals surface area contributed by atoms with Crippen molar-refractivity contribution in [2.24, 2.45) is 5.73 Å². The normalized spacial score (nSPS) is 13.4. The summed E-state index contributed by atoms with van der Waals surface area (Å²) in [5, 5.41) is 8.60. The van der Waals surface area contributed by atoms with E-state index in [0.29, 0.717) is 6.42 Å². The molecule has 1 atom stereocenters. The van der Waals surface area contributed by atoms with E-state index < -0.39 is 0 Å². The highest BCUT2D eigenvalue weighted by Crippen LogP contribution is 2.26. The highest BCUT2D eigenvalue weighted by Gasteiger charge is 2.06. The van der Waals surface area contributed by atoms with E-state index in [1.54, 1.807) is 0 Å². The van der Waals surface area contributed by atoms with Gasteiger partial charge in [-0.15, -0.1) is 11.3 Å². The van der Waals surface area contributed by atoms with Crippen molar-refractivity contribution < 1.29 is 5.11 Å². The predicted octanol–water partition coefficient (Wildman–Crippen LogP) is 1.78. The molecular formula is C7H10ClNOS. The second kappa shape index (κ2) is 4.07. The molecule has 0 aliphatic rings. The van der Waals surface area contributed by atoms with E-state index in [1.165, 1.54) is 11.3 Å². The molecule has 0 fully saturated rings. The van der Waals surface area contributed by atoms with Gasteiger partial charge in [0.2, 0.25) is 0 Å². The Hall–Kier alpha value is -0.0900. The molecule has 0 aliphatic carbocycles. The van der Waals surface area contributed by atoms with Crippen LogP contribution in [0.3, 0.4) is 0 Å². The molecule has 3 N–H and O–H groups in total. The Labute approximate surface area is 74.6 Å². The van der Waals surface area contributed by atoms with Gasteiger partial charge in [0.05, 0.1) is 4.34 Å². The summed E-state index contributed by atoms with van der Waals surface area (Å²) in [5.74, 6) is 0. The first kappa shape index (κ1) is 9.00. The monoisotopic (exact) mass is 191 g/mol. The number of halogens is 1. The number of hydrogen-bond donors (Lipinski definition) is 2. The number of nitrogens with two attached hydrogens (primary N) is 1. The fraction of sp³-hybridized carbons (Fsp3) is 0.429. The maximum absolute atomic E-state index is 8.60. The van der Waals surface area contributed by atoms with Crippen molar-refractivity contribution in [3.63, 3.8) is 0 Å². The van der Waals surface area contributed by atoms with E-state index in [2.05, 4.69) is 0 Å². The molecular weight excluding hydrogens is 182 g/mol. The van der Waals surface area contributed by atoms with E-state index in [4.69, 9.17) is 22.4 Å². The van der Waals surface area contributed by atoms with Crippen LogP contribution in [-0.4, -0.2) is 11.7 Å². The van der Waals surface area contributed by atoms with Crippen LogP contribution in [0.25, 0.3) is 0 Å². The van der Waals surface area contributed by atoms with Crippen molar-refractivity contribution in [3.8, 4) is 0 Å². The first-order valence-corrected chi connectivity index (χ1v) is 4.55. The zero-order chi connectivity index (χ0) is 8.27. The fourth-order valence-corrected chi connectivity index (χ4v) is 1.91. The van der Waals surface area contributed by atoms with E-state index in [-0.39, 0.29) is 12.6 Å². The Bertz CT molecular complexity index is 226. The molecule has 0 spiro atoms. The maximum Gasteiger partial charge on any atom is 0.0931 e. The molecule has 0 aliphatic heterocycles. The van der Waals surface area contributed by atoms with E-state index in [1.807, 2.05) is 12.1 Å². The fourth-order valence-electron chi connectivity index (χ4n) is 0.809. The van der Waals surface area contributed by atoms with Crippen LogP contribution >= 0.6 is 22.9 Å². The summed E-state index contributed by atoms with van der Waals surface area (Å²) in [6.45, 7) is 0.122. The lowest BCUT2D eigenvalue weighted by atomic mass is 10.2. The van der Waals surface area contributed by atoms with Crippen LogP contribution in [0.4, 0.5) is 0 Å². The van der Waals surface area contributed by atoms with Gasteiger partial charge in [-0.1, -0.05) is 11.6 Å². The van der Waals surface area contributed by atoms with Crippen molar-refractivity contribution in [1.29, 1.82) is 0 Å². The number of aliphatic hydroxyl groups is 1. The standard InChI is InChI=1S/C7H10ClNOS/c8-7-2-1-6(11-7)5(9)3-4-10/h1-2,5,10H,3-4,9H2/t5-/m1/s1. The van der Waals surface area contributed by atoms with E-state index in [0.717, 1.165) is 9.21 Å².